The number of hydrogen-bond donors (Lipinski definition) is 1. The summed E-state index contributed by atoms with van der Waals surface area (Å²) in [4.78, 5) is 18.0. The number of hydrogen-bond acceptors (Lipinski definition) is 7. The highest BCUT2D eigenvalue weighted by atomic mass is 32.2. The van der Waals surface area contributed by atoms with Crippen molar-refractivity contribution in [3.8, 4) is 0 Å². The second kappa shape index (κ2) is 6.28. The zero-order valence-electron chi connectivity index (χ0n) is 12.4. The van der Waals surface area contributed by atoms with E-state index in [1.54, 1.807) is 16.2 Å². The Morgan fingerprint density at radius 2 is 2.39 bits per heavy atom. The first-order valence-corrected chi connectivity index (χ1v) is 10.0. The van der Waals surface area contributed by atoms with Crippen LogP contribution in [0.25, 0.3) is 0 Å². The Bertz CT molecular complexity index is 785. The van der Waals surface area contributed by atoms with Gasteiger partial charge in [-0.1, -0.05) is 5.16 Å². The van der Waals surface area contributed by atoms with Gasteiger partial charge in [-0.05, 0) is 35.2 Å². The average Bonchev–Trinajstić information content (AvgIpc) is 3.17. The molecule has 0 spiro atoms. The van der Waals surface area contributed by atoms with Crippen LogP contribution in [-0.2, 0) is 15.6 Å². The number of aromatic nitrogens is 2. The number of thiophene rings is 1. The van der Waals surface area contributed by atoms with Crippen molar-refractivity contribution < 1.29 is 17.7 Å². The molecule has 2 aromatic heterocycles. The standard InChI is InChI=1S/C13H16N4O4S2/c1-23(19,20)8-11-14-12(21-16-11)15-13(18)17-5-2-3-10(17)9-4-6-22-7-9/h4,6-7,10H,2-3,5,8H2,1H3,(H,14,15,16,18). The SMILES string of the molecule is CS(=O)(=O)Cc1noc(NC(=O)N2CCCC2c2ccsc2)n1. The molecule has 0 saturated carbocycles. The Morgan fingerprint density at radius 1 is 1.57 bits per heavy atom. The lowest BCUT2D eigenvalue weighted by atomic mass is 10.1. The highest BCUT2D eigenvalue weighted by molar-refractivity contribution is 7.89. The van der Waals surface area contributed by atoms with E-state index < -0.39 is 9.84 Å². The van der Waals surface area contributed by atoms with Crippen molar-refractivity contribution in [2.75, 3.05) is 18.1 Å². The monoisotopic (exact) mass is 356 g/mol. The molecule has 23 heavy (non-hydrogen) atoms. The van der Waals surface area contributed by atoms with Crippen LogP contribution in [-0.4, -0.2) is 42.3 Å². The molecule has 1 fully saturated rings. The van der Waals surface area contributed by atoms with Crippen LogP contribution in [0, 0.1) is 0 Å². The van der Waals surface area contributed by atoms with Crippen molar-refractivity contribution in [3.63, 3.8) is 0 Å². The summed E-state index contributed by atoms with van der Waals surface area (Å²) in [5, 5.41) is 10.1. The van der Waals surface area contributed by atoms with E-state index in [-0.39, 0.29) is 29.7 Å². The molecule has 1 aliphatic heterocycles. The predicted molar refractivity (Wildman–Crippen MR) is 84.9 cm³/mol. The Kier molecular flexibility index (Phi) is 4.35. The maximum Gasteiger partial charge on any atom is 0.329 e. The lowest BCUT2D eigenvalue weighted by Gasteiger charge is -2.23. The van der Waals surface area contributed by atoms with E-state index in [1.807, 2.05) is 16.8 Å². The molecule has 1 aliphatic rings. The van der Waals surface area contributed by atoms with Gasteiger partial charge in [-0.25, -0.2) is 13.2 Å². The molecule has 1 atom stereocenters. The molecule has 8 nitrogen and oxygen atoms in total. The number of nitrogens with one attached hydrogen (secondary N) is 1. The van der Waals surface area contributed by atoms with Crippen molar-refractivity contribution in [1.82, 2.24) is 15.0 Å². The second-order valence-corrected chi connectivity index (χ2v) is 8.34. The summed E-state index contributed by atoms with van der Waals surface area (Å²) in [5.41, 5.74) is 1.12. The van der Waals surface area contributed by atoms with Crippen LogP contribution in [0.2, 0.25) is 0 Å². The number of sulfone groups is 1. The minimum Gasteiger partial charge on any atom is -0.317 e. The van der Waals surface area contributed by atoms with Crippen LogP contribution in [0.5, 0.6) is 0 Å². The summed E-state index contributed by atoms with van der Waals surface area (Å²) in [6, 6.07) is 1.63. The Labute approximate surface area is 137 Å². The van der Waals surface area contributed by atoms with Gasteiger partial charge in [-0.2, -0.15) is 16.3 Å². The minimum atomic E-state index is -3.25. The van der Waals surface area contributed by atoms with Crippen LogP contribution >= 0.6 is 11.3 Å². The molecule has 10 heteroatoms. The van der Waals surface area contributed by atoms with E-state index in [9.17, 15) is 13.2 Å². The van der Waals surface area contributed by atoms with Gasteiger partial charge in [0.15, 0.2) is 15.7 Å². The molecule has 1 saturated heterocycles. The number of anilines is 1. The summed E-state index contributed by atoms with van der Waals surface area (Å²) in [6.07, 6.45) is 2.92. The molecule has 2 aromatic rings. The van der Waals surface area contributed by atoms with Gasteiger partial charge in [-0.15, -0.1) is 0 Å². The lowest BCUT2D eigenvalue weighted by molar-refractivity contribution is 0.206. The zero-order valence-corrected chi connectivity index (χ0v) is 14.1. The number of urea groups is 1. The smallest absolute Gasteiger partial charge is 0.317 e. The number of carbonyl (C=O) groups excluding carboxylic acids is 1. The first-order valence-electron chi connectivity index (χ1n) is 7.02. The van der Waals surface area contributed by atoms with Crippen LogP contribution in [0.3, 0.4) is 0 Å². The summed E-state index contributed by atoms with van der Waals surface area (Å²) in [7, 11) is -3.25. The fourth-order valence-electron chi connectivity index (χ4n) is 2.58. The van der Waals surface area contributed by atoms with E-state index in [0.717, 1.165) is 24.7 Å². The molecule has 3 rings (SSSR count). The molecule has 1 unspecified atom stereocenters. The number of nitrogens with zero attached hydrogens (tertiary/aromatic N) is 3. The van der Waals surface area contributed by atoms with Crippen molar-refractivity contribution >= 4 is 33.2 Å². The quantitative estimate of drug-likeness (QED) is 0.899. The summed E-state index contributed by atoms with van der Waals surface area (Å²) >= 11 is 1.60. The Morgan fingerprint density at radius 3 is 3.09 bits per heavy atom. The fourth-order valence-corrected chi connectivity index (χ4v) is 3.88. The summed E-state index contributed by atoms with van der Waals surface area (Å²) < 4.78 is 27.3. The van der Waals surface area contributed by atoms with Gasteiger partial charge in [-0.3, -0.25) is 5.32 Å². The first-order chi connectivity index (χ1) is 10.9. The third-order valence-corrected chi connectivity index (χ3v) is 5.00. The van der Waals surface area contributed by atoms with Gasteiger partial charge >= 0.3 is 12.0 Å². The Balaban J connectivity index is 1.67. The molecule has 0 aromatic carbocycles. The third kappa shape index (κ3) is 3.88. The molecule has 0 aliphatic carbocycles. The zero-order chi connectivity index (χ0) is 16.4. The fraction of sp³-hybridized carbons (Fsp3) is 0.462. The number of likely N-dealkylation sites (tertiary alicyclic amines) is 1. The molecule has 2 amide bonds. The number of rotatable bonds is 4. The van der Waals surface area contributed by atoms with Crippen molar-refractivity contribution in [2.45, 2.75) is 24.6 Å². The van der Waals surface area contributed by atoms with Gasteiger partial charge in [0.05, 0.1) is 6.04 Å². The normalized spacial score (nSPS) is 18.3. The number of amides is 2. The van der Waals surface area contributed by atoms with Crippen molar-refractivity contribution in [1.29, 1.82) is 0 Å². The van der Waals surface area contributed by atoms with Gasteiger partial charge in [0.25, 0.3) is 0 Å². The van der Waals surface area contributed by atoms with E-state index in [0.29, 0.717) is 6.54 Å². The predicted octanol–water partition coefficient (Wildman–Crippen LogP) is 2.04. The topological polar surface area (TPSA) is 105 Å². The molecule has 3 heterocycles. The molecule has 1 N–H and O–H groups in total. The summed E-state index contributed by atoms with van der Waals surface area (Å²) in [6.45, 7) is 0.649. The molecular weight excluding hydrogens is 340 g/mol. The molecular formula is C13H16N4O4S2. The van der Waals surface area contributed by atoms with Gasteiger partial charge in [0, 0.05) is 12.8 Å². The highest BCUT2D eigenvalue weighted by Crippen LogP contribution is 2.33. The Hall–Kier alpha value is -1.94. The van der Waals surface area contributed by atoms with E-state index in [1.165, 1.54) is 0 Å². The number of carbonyl (C=O) groups is 1. The van der Waals surface area contributed by atoms with E-state index in [2.05, 4.69) is 15.5 Å². The van der Waals surface area contributed by atoms with E-state index >= 15 is 0 Å². The van der Waals surface area contributed by atoms with Crippen molar-refractivity contribution in [3.05, 3.63) is 28.2 Å². The molecule has 0 radical (unpaired) electrons. The van der Waals surface area contributed by atoms with Crippen LogP contribution in [0.4, 0.5) is 10.8 Å². The first kappa shape index (κ1) is 15.9. The van der Waals surface area contributed by atoms with Crippen LogP contribution in [0.1, 0.15) is 30.3 Å². The lowest BCUT2D eigenvalue weighted by Crippen LogP contribution is -2.34. The van der Waals surface area contributed by atoms with E-state index in [4.69, 9.17) is 4.52 Å². The summed E-state index contributed by atoms with van der Waals surface area (Å²) in [5.74, 6) is -0.299. The van der Waals surface area contributed by atoms with Crippen molar-refractivity contribution in [2.24, 2.45) is 0 Å². The highest BCUT2D eigenvalue weighted by Gasteiger charge is 2.31. The van der Waals surface area contributed by atoms with Crippen LogP contribution < -0.4 is 5.32 Å². The minimum absolute atomic E-state index is 0.0265. The molecule has 0 bridgehead atoms. The molecule has 124 valence electrons. The van der Waals surface area contributed by atoms with Gasteiger partial charge < -0.3 is 9.42 Å². The van der Waals surface area contributed by atoms with Gasteiger partial charge in [0.2, 0.25) is 0 Å². The second-order valence-electron chi connectivity index (χ2n) is 5.42. The largest absolute Gasteiger partial charge is 0.329 e. The maximum absolute atomic E-state index is 12.4. The van der Waals surface area contributed by atoms with Gasteiger partial charge in [0.1, 0.15) is 5.75 Å². The third-order valence-electron chi connectivity index (χ3n) is 3.51. The average molecular weight is 356 g/mol. The maximum atomic E-state index is 12.4. The van der Waals surface area contributed by atoms with Crippen LogP contribution in [0.15, 0.2) is 21.3 Å².